The third kappa shape index (κ3) is 15.5. The van der Waals surface area contributed by atoms with Gasteiger partial charge in [-0.3, -0.25) is 0 Å². The summed E-state index contributed by atoms with van der Waals surface area (Å²) in [6.07, 6.45) is 10.2. The van der Waals surface area contributed by atoms with Crippen LogP contribution in [0.25, 0.3) is 0 Å². The van der Waals surface area contributed by atoms with Crippen molar-refractivity contribution in [3.63, 3.8) is 0 Å². The quantitative estimate of drug-likeness (QED) is 0.0993. The summed E-state index contributed by atoms with van der Waals surface area (Å²) in [6.45, 7) is 16.4. The Morgan fingerprint density at radius 1 is 0.596 bits per heavy atom. The molecule has 57 heavy (non-hydrogen) atoms. The van der Waals surface area contributed by atoms with E-state index in [-0.39, 0.29) is 16.5 Å². The summed E-state index contributed by atoms with van der Waals surface area (Å²) >= 11 is 11.8. The number of anilines is 2. The predicted octanol–water partition coefficient (Wildman–Crippen LogP) is 9.20. The van der Waals surface area contributed by atoms with Crippen LogP contribution in [0, 0.1) is 20.8 Å². The Balaban J connectivity index is 0.000000186. The van der Waals surface area contributed by atoms with Crippen LogP contribution >= 0.6 is 43.5 Å². The van der Waals surface area contributed by atoms with Crippen LogP contribution in [0.3, 0.4) is 0 Å². The van der Waals surface area contributed by atoms with Crippen molar-refractivity contribution in [1.82, 2.24) is 29.9 Å². The van der Waals surface area contributed by atoms with Gasteiger partial charge in [0.25, 0.3) is 0 Å². The van der Waals surface area contributed by atoms with Crippen LogP contribution in [0.5, 0.6) is 0 Å². The second-order valence-electron chi connectivity index (χ2n) is 14.2. The van der Waals surface area contributed by atoms with Gasteiger partial charge in [-0.1, -0.05) is 89.5 Å². The van der Waals surface area contributed by atoms with Gasteiger partial charge in [0.2, 0.25) is 17.2 Å². The second kappa shape index (κ2) is 22.0. The SMILES string of the molecule is Cc1cccc(CN)c1.Cc1cccc(CNc2ncc(B3OC(C)(C)C(C)(C)O3)cn2)c1.Cc1cccc(CNc2ncc(Br)cn2)c1.Clc1ncc(Br)cn1. The number of hydrogen-bond donors (Lipinski definition) is 3. The van der Waals surface area contributed by atoms with Gasteiger partial charge in [-0.15, -0.1) is 0 Å². The maximum atomic E-state index is 6.01. The Hall–Kier alpha value is -4.31. The molecule has 4 heterocycles. The van der Waals surface area contributed by atoms with Crippen molar-refractivity contribution in [2.45, 2.75) is 79.3 Å². The highest BCUT2D eigenvalue weighted by Gasteiger charge is 2.52. The second-order valence-corrected chi connectivity index (χ2v) is 16.4. The normalized spacial score (nSPS) is 13.5. The van der Waals surface area contributed by atoms with Gasteiger partial charge in [0.05, 0.1) is 20.1 Å². The van der Waals surface area contributed by atoms with E-state index in [9.17, 15) is 0 Å². The number of hydrogen-bond acceptors (Lipinski definition) is 11. The van der Waals surface area contributed by atoms with E-state index >= 15 is 0 Å². The lowest BCUT2D eigenvalue weighted by Crippen LogP contribution is -2.41. The first kappa shape index (κ1) is 45.4. The minimum Gasteiger partial charge on any atom is -0.399 e. The number of aromatic nitrogens is 6. The van der Waals surface area contributed by atoms with Crippen LogP contribution in [0.1, 0.15) is 61.1 Å². The highest BCUT2D eigenvalue weighted by molar-refractivity contribution is 9.10. The van der Waals surface area contributed by atoms with Gasteiger partial charge in [-0.05, 0) is 109 Å². The first-order chi connectivity index (χ1) is 27.1. The summed E-state index contributed by atoms with van der Waals surface area (Å²) in [5.74, 6) is 1.24. The summed E-state index contributed by atoms with van der Waals surface area (Å²) in [4.78, 5) is 24.4. The van der Waals surface area contributed by atoms with E-state index in [1.54, 1.807) is 37.2 Å². The summed E-state index contributed by atoms with van der Waals surface area (Å²) in [7, 11) is -0.430. The molecule has 298 valence electrons. The molecule has 0 atom stereocenters. The predicted molar refractivity (Wildman–Crippen MR) is 238 cm³/mol. The van der Waals surface area contributed by atoms with Crippen LogP contribution in [0.15, 0.2) is 119 Å². The van der Waals surface area contributed by atoms with Crippen molar-refractivity contribution in [3.05, 3.63) is 158 Å². The number of rotatable bonds is 8. The topological polar surface area (TPSA) is 146 Å². The van der Waals surface area contributed by atoms with E-state index in [1.807, 2.05) is 39.8 Å². The average molecular weight is 918 g/mol. The number of nitrogens with one attached hydrogen (secondary N) is 2. The van der Waals surface area contributed by atoms with E-state index in [0.29, 0.717) is 25.0 Å². The van der Waals surface area contributed by atoms with Gasteiger partial charge in [0.1, 0.15) is 0 Å². The number of aryl methyl sites for hydroxylation is 3. The molecule has 0 unspecified atom stereocenters. The highest BCUT2D eigenvalue weighted by Crippen LogP contribution is 2.36. The van der Waals surface area contributed by atoms with Gasteiger partial charge in [0.15, 0.2) is 0 Å². The fourth-order valence-electron chi connectivity index (χ4n) is 5.08. The third-order valence-corrected chi connectivity index (χ3v) is 9.80. The van der Waals surface area contributed by atoms with E-state index in [2.05, 4.69) is 154 Å². The first-order valence-electron chi connectivity index (χ1n) is 18.2. The molecule has 6 aromatic rings. The smallest absolute Gasteiger partial charge is 0.399 e. The fourth-order valence-corrected chi connectivity index (χ4v) is 5.58. The van der Waals surface area contributed by atoms with Gasteiger partial charge in [0, 0.05) is 62.3 Å². The zero-order valence-corrected chi connectivity index (χ0v) is 37.2. The van der Waals surface area contributed by atoms with Crippen LogP contribution in [0.2, 0.25) is 5.28 Å². The number of nitrogens with two attached hydrogens (primary N) is 1. The highest BCUT2D eigenvalue weighted by atomic mass is 79.9. The van der Waals surface area contributed by atoms with Gasteiger partial charge < -0.3 is 25.7 Å². The van der Waals surface area contributed by atoms with Gasteiger partial charge in [-0.2, -0.15) is 0 Å². The molecular weight excluding hydrogens is 869 g/mol. The molecule has 0 bridgehead atoms. The number of halogens is 3. The molecular formula is C42H49BBr2ClN9O2. The van der Waals surface area contributed by atoms with Crippen LogP contribution in [-0.4, -0.2) is 48.2 Å². The summed E-state index contributed by atoms with van der Waals surface area (Å²) in [5, 5.41) is 6.68. The molecule has 1 aliphatic heterocycles. The molecule has 0 saturated carbocycles. The van der Waals surface area contributed by atoms with Crippen molar-refractivity contribution in [2.75, 3.05) is 10.6 Å². The summed E-state index contributed by atoms with van der Waals surface area (Å²) in [6, 6.07) is 24.9. The average Bonchev–Trinajstić information content (AvgIpc) is 3.41. The van der Waals surface area contributed by atoms with E-state index in [4.69, 9.17) is 26.6 Å². The molecule has 1 aliphatic rings. The van der Waals surface area contributed by atoms with E-state index < -0.39 is 7.12 Å². The molecule has 0 spiro atoms. The van der Waals surface area contributed by atoms with Crippen molar-refractivity contribution in [2.24, 2.45) is 5.73 Å². The molecule has 0 aliphatic carbocycles. The Bertz CT molecular complexity index is 2090. The Morgan fingerprint density at radius 2 is 0.965 bits per heavy atom. The molecule has 3 aromatic carbocycles. The van der Waals surface area contributed by atoms with E-state index in [0.717, 1.165) is 21.0 Å². The lowest BCUT2D eigenvalue weighted by atomic mass is 9.81. The lowest BCUT2D eigenvalue weighted by molar-refractivity contribution is 0.00578. The van der Waals surface area contributed by atoms with Crippen LogP contribution in [-0.2, 0) is 28.9 Å². The van der Waals surface area contributed by atoms with Crippen LogP contribution in [0.4, 0.5) is 11.9 Å². The molecule has 1 fully saturated rings. The van der Waals surface area contributed by atoms with Crippen molar-refractivity contribution in [3.8, 4) is 0 Å². The fraction of sp³-hybridized carbons (Fsp3) is 0.286. The Morgan fingerprint density at radius 3 is 1.33 bits per heavy atom. The van der Waals surface area contributed by atoms with Gasteiger partial charge >= 0.3 is 7.12 Å². The van der Waals surface area contributed by atoms with E-state index in [1.165, 1.54) is 33.4 Å². The standard InChI is InChI=1S/C18H24BN3O2.C12H12BrN3.C8H11N.C4H2BrClN2/c1-13-7-6-8-14(9-13)10-20-16-21-11-15(12-22-16)19-23-17(2,3)18(4,5)24-19;1-9-3-2-4-10(5-9)6-14-12-15-7-11(13)8-16-12;1-7-3-2-4-8(5-7)6-9;5-3-1-7-4(6)8-2-3/h6-9,11-12H,10H2,1-5H3,(H,20,21,22);2-5,7-8H,6H2,1H3,(H,14,15,16);2-5H,6,9H2,1H3;1-2H. The molecule has 0 radical (unpaired) electrons. The van der Waals surface area contributed by atoms with Crippen LogP contribution < -0.4 is 21.8 Å². The minimum absolute atomic E-state index is 0.271. The Kier molecular flexibility index (Phi) is 17.5. The van der Waals surface area contributed by atoms with Crippen molar-refractivity contribution in [1.29, 1.82) is 0 Å². The number of nitrogens with zero attached hydrogens (tertiary/aromatic N) is 6. The zero-order valence-electron chi connectivity index (χ0n) is 33.3. The largest absolute Gasteiger partial charge is 0.498 e. The van der Waals surface area contributed by atoms with Crippen molar-refractivity contribution < 1.29 is 9.31 Å². The van der Waals surface area contributed by atoms with Gasteiger partial charge in [-0.25, -0.2) is 29.9 Å². The maximum Gasteiger partial charge on any atom is 0.498 e. The molecule has 1 saturated heterocycles. The third-order valence-electron chi connectivity index (χ3n) is 8.79. The molecule has 7 rings (SSSR count). The lowest BCUT2D eigenvalue weighted by Gasteiger charge is -2.32. The summed E-state index contributed by atoms with van der Waals surface area (Å²) < 4.78 is 13.7. The molecule has 4 N–H and O–H groups in total. The minimum atomic E-state index is -0.430. The molecule has 11 nitrogen and oxygen atoms in total. The molecule has 0 amide bonds. The molecule has 3 aromatic heterocycles. The van der Waals surface area contributed by atoms with Crippen molar-refractivity contribution >= 4 is 67.9 Å². The summed E-state index contributed by atoms with van der Waals surface area (Å²) in [5.41, 5.74) is 12.9. The maximum absolute atomic E-state index is 6.01. The monoisotopic (exact) mass is 915 g/mol. The molecule has 15 heteroatoms. The zero-order chi connectivity index (χ0) is 41.4. The Labute approximate surface area is 358 Å². The first-order valence-corrected chi connectivity index (χ1v) is 20.2. The number of benzene rings is 3.